The summed E-state index contributed by atoms with van der Waals surface area (Å²) in [4.78, 5) is 12.0. The molecule has 0 unspecified atom stereocenters. The number of carbonyl (C=O) groups is 1. The summed E-state index contributed by atoms with van der Waals surface area (Å²) in [6.07, 6.45) is 2.82. The third-order valence-electron chi connectivity index (χ3n) is 2.16. The highest BCUT2D eigenvalue weighted by Gasteiger charge is 2.04. The van der Waals surface area contributed by atoms with Gasteiger partial charge in [-0.3, -0.25) is 4.79 Å². The zero-order chi connectivity index (χ0) is 13.4. The minimum absolute atomic E-state index is 0.0491. The molecule has 0 heterocycles. The molecule has 0 aromatic heterocycles. The summed E-state index contributed by atoms with van der Waals surface area (Å²) in [5, 5.41) is 2.73. The molecule has 0 aliphatic carbocycles. The van der Waals surface area contributed by atoms with Crippen LogP contribution in [0.15, 0.2) is 35.7 Å². The van der Waals surface area contributed by atoms with E-state index >= 15 is 0 Å². The third-order valence-corrected chi connectivity index (χ3v) is 3.16. The van der Waals surface area contributed by atoms with Crippen molar-refractivity contribution in [1.82, 2.24) is 5.32 Å². The average Bonchev–Trinajstić information content (AvgIpc) is 2.34. The highest BCUT2D eigenvalue weighted by Crippen LogP contribution is 2.20. The first-order chi connectivity index (χ1) is 8.63. The molecular weight excluding hydrogens is 256 g/mol. The van der Waals surface area contributed by atoms with Crippen LogP contribution in [0.1, 0.15) is 12.8 Å². The zero-order valence-corrected chi connectivity index (χ0v) is 10.7. The van der Waals surface area contributed by atoms with E-state index in [1.807, 2.05) is 0 Å². The van der Waals surface area contributed by atoms with Gasteiger partial charge in [-0.05, 0) is 24.6 Å². The largest absolute Gasteiger partial charge is 0.356 e. The lowest BCUT2D eigenvalue weighted by Gasteiger charge is -2.04. The Bertz CT molecular complexity index is 423. The fraction of sp³-hybridized carbons (Fsp3) is 0.308. The summed E-state index contributed by atoms with van der Waals surface area (Å²) < 4.78 is 25.6. The van der Waals surface area contributed by atoms with Gasteiger partial charge in [0.05, 0.1) is 0 Å². The van der Waals surface area contributed by atoms with Crippen LogP contribution in [0.4, 0.5) is 8.78 Å². The number of nitrogens with one attached hydrogen (secondary N) is 1. The first-order valence-corrected chi connectivity index (χ1v) is 6.57. The van der Waals surface area contributed by atoms with Gasteiger partial charge in [0.1, 0.15) is 0 Å². The van der Waals surface area contributed by atoms with E-state index in [1.165, 1.54) is 17.8 Å². The second-order valence-corrected chi connectivity index (χ2v) is 4.77. The molecule has 1 amide bonds. The molecule has 1 rings (SSSR count). The van der Waals surface area contributed by atoms with Crippen molar-refractivity contribution in [3.05, 3.63) is 42.5 Å². The van der Waals surface area contributed by atoms with E-state index in [0.717, 1.165) is 18.6 Å². The summed E-state index contributed by atoms with van der Waals surface area (Å²) in [7, 11) is 0. The Hall–Kier alpha value is -1.36. The van der Waals surface area contributed by atoms with Crippen LogP contribution in [0.25, 0.3) is 0 Å². The molecule has 2 nitrogen and oxygen atoms in total. The van der Waals surface area contributed by atoms with Gasteiger partial charge in [0.2, 0.25) is 5.91 Å². The fourth-order valence-electron chi connectivity index (χ4n) is 1.23. The lowest BCUT2D eigenvalue weighted by molar-refractivity contribution is -0.120. The molecule has 1 N–H and O–H groups in total. The van der Waals surface area contributed by atoms with Crippen LogP contribution in [-0.2, 0) is 4.79 Å². The minimum Gasteiger partial charge on any atom is -0.356 e. The Kier molecular flexibility index (Phi) is 6.43. The Morgan fingerprint density at radius 2 is 2.17 bits per heavy atom. The van der Waals surface area contributed by atoms with Crippen molar-refractivity contribution in [1.29, 1.82) is 0 Å². The number of hydrogen-bond acceptors (Lipinski definition) is 2. The quantitative estimate of drug-likeness (QED) is 0.469. The van der Waals surface area contributed by atoms with E-state index in [0.29, 0.717) is 23.6 Å². The Labute approximate surface area is 109 Å². The van der Waals surface area contributed by atoms with Crippen LogP contribution in [0.3, 0.4) is 0 Å². The normalized spacial score (nSPS) is 10.1. The molecule has 98 valence electrons. The van der Waals surface area contributed by atoms with Crippen molar-refractivity contribution in [2.45, 2.75) is 17.7 Å². The maximum absolute atomic E-state index is 12.9. The number of hydrogen-bond donors (Lipinski definition) is 1. The van der Waals surface area contributed by atoms with Crippen LogP contribution in [0.5, 0.6) is 0 Å². The lowest BCUT2D eigenvalue weighted by atomic mass is 10.3. The van der Waals surface area contributed by atoms with Crippen molar-refractivity contribution < 1.29 is 13.6 Å². The zero-order valence-electron chi connectivity index (χ0n) is 9.92. The molecule has 0 spiro atoms. The van der Waals surface area contributed by atoms with E-state index in [9.17, 15) is 13.6 Å². The molecule has 1 aromatic carbocycles. The highest BCUT2D eigenvalue weighted by atomic mass is 32.2. The number of thioether (sulfide) groups is 1. The van der Waals surface area contributed by atoms with Crippen molar-refractivity contribution >= 4 is 17.7 Å². The van der Waals surface area contributed by atoms with E-state index in [1.54, 1.807) is 6.08 Å². The van der Waals surface area contributed by atoms with E-state index in [2.05, 4.69) is 11.9 Å². The topological polar surface area (TPSA) is 29.1 Å². The van der Waals surface area contributed by atoms with Crippen LogP contribution >= 0.6 is 11.8 Å². The molecule has 0 fully saturated rings. The summed E-state index contributed by atoms with van der Waals surface area (Å²) in [5.41, 5.74) is 0. The predicted molar refractivity (Wildman–Crippen MR) is 69.5 cm³/mol. The van der Waals surface area contributed by atoms with Crippen LogP contribution in [0, 0.1) is 11.6 Å². The second kappa shape index (κ2) is 7.87. The van der Waals surface area contributed by atoms with Crippen molar-refractivity contribution in [2.24, 2.45) is 0 Å². The number of amides is 1. The first-order valence-electron chi connectivity index (χ1n) is 5.59. The SMILES string of the molecule is C=CCCNC(=O)CCSc1ccc(F)c(F)c1. The van der Waals surface area contributed by atoms with Gasteiger partial charge in [-0.25, -0.2) is 8.78 Å². The smallest absolute Gasteiger partial charge is 0.220 e. The Morgan fingerprint density at radius 1 is 1.39 bits per heavy atom. The van der Waals surface area contributed by atoms with Gasteiger partial charge in [0, 0.05) is 23.6 Å². The van der Waals surface area contributed by atoms with Crippen molar-refractivity contribution in [3.8, 4) is 0 Å². The van der Waals surface area contributed by atoms with Crippen molar-refractivity contribution in [3.63, 3.8) is 0 Å². The van der Waals surface area contributed by atoms with Gasteiger partial charge >= 0.3 is 0 Å². The third kappa shape index (κ3) is 5.31. The molecule has 1 aromatic rings. The molecule has 5 heteroatoms. The molecule has 0 bridgehead atoms. The molecule has 0 atom stereocenters. The lowest BCUT2D eigenvalue weighted by Crippen LogP contribution is -2.24. The number of benzene rings is 1. The van der Waals surface area contributed by atoms with Gasteiger partial charge in [-0.2, -0.15) is 0 Å². The molecule has 0 aliphatic rings. The van der Waals surface area contributed by atoms with Gasteiger partial charge in [0.15, 0.2) is 11.6 Å². The van der Waals surface area contributed by atoms with Gasteiger partial charge < -0.3 is 5.32 Å². The monoisotopic (exact) mass is 271 g/mol. The summed E-state index contributed by atoms with van der Waals surface area (Å²) >= 11 is 1.32. The standard InChI is InChI=1S/C13H15F2NOS/c1-2-3-7-16-13(17)6-8-18-10-4-5-11(14)12(15)9-10/h2,4-5,9H,1,3,6-8H2,(H,16,17). The molecule has 18 heavy (non-hydrogen) atoms. The minimum atomic E-state index is -0.865. The average molecular weight is 271 g/mol. The van der Waals surface area contributed by atoms with Gasteiger partial charge in [-0.15, -0.1) is 18.3 Å². The Morgan fingerprint density at radius 3 is 2.83 bits per heavy atom. The number of rotatable bonds is 7. The van der Waals surface area contributed by atoms with Crippen LogP contribution < -0.4 is 5.32 Å². The maximum atomic E-state index is 12.9. The predicted octanol–water partition coefficient (Wildman–Crippen LogP) is 3.14. The van der Waals surface area contributed by atoms with Gasteiger partial charge in [0.25, 0.3) is 0 Å². The van der Waals surface area contributed by atoms with E-state index in [-0.39, 0.29) is 5.91 Å². The van der Waals surface area contributed by atoms with Crippen LogP contribution in [0.2, 0.25) is 0 Å². The maximum Gasteiger partial charge on any atom is 0.220 e. The second-order valence-electron chi connectivity index (χ2n) is 3.60. The van der Waals surface area contributed by atoms with Crippen LogP contribution in [-0.4, -0.2) is 18.2 Å². The first kappa shape index (κ1) is 14.7. The van der Waals surface area contributed by atoms with Crippen molar-refractivity contribution in [2.75, 3.05) is 12.3 Å². The Balaban J connectivity index is 2.26. The number of carbonyl (C=O) groups excluding carboxylic acids is 1. The molecule has 0 saturated carbocycles. The summed E-state index contributed by atoms with van der Waals surface area (Å²) in [6.45, 7) is 4.13. The molecule has 0 radical (unpaired) electrons. The van der Waals surface area contributed by atoms with E-state index in [4.69, 9.17) is 0 Å². The molecular formula is C13H15F2NOS. The highest BCUT2D eigenvalue weighted by molar-refractivity contribution is 7.99. The molecule has 0 saturated heterocycles. The van der Waals surface area contributed by atoms with E-state index < -0.39 is 11.6 Å². The summed E-state index contributed by atoms with van der Waals surface area (Å²) in [6, 6.07) is 3.72. The summed E-state index contributed by atoms with van der Waals surface area (Å²) in [5.74, 6) is -1.24. The van der Waals surface area contributed by atoms with Gasteiger partial charge in [-0.1, -0.05) is 6.08 Å². The fourth-order valence-corrected chi connectivity index (χ4v) is 2.10. The molecule has 0 aliphatic heterocycles. The number of halogens is 2.